The molecule has 1 unspecified atom stereocenters. The van der Waals surface area contributed by atoms with E-state index in [1.165, 1.54) is 0 Å². The van der Waals surface area contributed by atoms with E-state index in [1.807, 2.05) is 13.0 Å². The largest absolute Gasteiger partial charge is 0.495 e. The van der Waals surface area contributed by atoms with Gasteiger partial charge in [0.05, 0.1) is 12.1 Å². The maximum absolute atomic E-state index is 11.2. The Balaban J connectivity index is 2.34. The molecule has 16 heavy (non-hydrogen) atoms. The van der Waals surface area contributed by atoms with E-state index in [9.17, 15) is 4.79 Å². The molecule has 3 nitrogen and oxygen atoms in total. The van der Waals surface area contributed by atoms with Crippen LogP contribution >= 0.6 is 11.6 Å². The van der Waals surface area contributed by atoms with Crippen LogP contribution in [0.1, 0.15) is 25.3 Å². The molecular weight excluding hydrogens is 228 g/mol. The molecule has 1 fully saturated rings. The van der Waals surface area contributed by atoms with E-state index in [1.54, 1.807) is 19.2 Å². The Labute approximate surface area is 99.3 Å². The molecule has 2 rings (SSSR count). The fraction of sp³-hybridized carbons (Fsp3) is 0.417. The topological polar surface area (TPSA) is 35.5 Å². The van der Waals surface area contributed by atoms with Crippen LogP contribution in [0.5, 0.6) is 5.75 Å². The molecule has 86 valence electrons. The number of rotatable bonds is 2. The highest BCUT2D eigenvalue weighted by molar-refractivity contribution is 6.32. The summed E-state index contributed by atoms with van der Waals surface area (Å²) in [6.07, 6.45) is 1.15. The Morgan fingerprint density at radius 1 is 1.50 bits per heavy atom. The zero-order valence-corrected chi connectivity index (χ0v) is 10.0. The lowest BCUT2D eigenvalue weighted by atomic mass is 9.93. The number of hydrogen-bond donors (Lipinski definition) is 0. The predicted octanol–water partition coefficient (Wildman–Crippen LogP) is 2.90. The highest BCUT2D eigenvalue weighted by atomic mass is 35.5. The second kappa shape index (κ2) is 3.98. The highest BCUT2D eigenvalue weighted by Gasteiger charge is 2.37. The number of benzene rings is 1. The van der Waals surface area contributed by atoms with Crippen molar-refractivity contribution in [2.24, 2.45) is 0 Å². The lowest BCUT2D eigenvalue weighted by molar-refractivity contribution is -0.147. The first-order valence-corrected chi connectivity index (χ1v) is 5.49. The fourth-order valence-corrected chi connectivity index (χ4v) is 2.15. The first-order valence-electron chi connectivity index (χ1n) is 5.11. The Hall–Kier alpha value is -1.22. The summed E-state index contributed by atoms with van der Waals surface area (Å²) in [5.41, 5.74) is 0.358. The van der Waals surface area contributed by atoms with Gasteiger partial charge in [0.2, 0.25) is 0 Å². The van der Waals surface area contributed by atoms with Crippen molar-refractivity contribution in [2.45, 2.75) is 25.4 Å². The lowest BCUT2D eigenvalue weighted by Gasteiger charge is -2.23. The number of cyclic esters (lactones) is 1. The van der Waals surface area contributed by atoms with Gasteiger partial charge in [-0.25, -0.2) is 0 Å². The average Bonchev–Trinajstić information content (AvgIpc) is 2.60. The highest BCUT2D eigenvalue weighted by Crippen LogP contribution is 2.38. The minimum atomic E-state index is -0.549. The third-order valence-electron chi connectivity index (χ3n) is 2.91. The summed E-state index contributed by atoms with van der Waals surface area (Å²) in [5, 5.41) is 0.532. The number of carbonyl (C=O) groups is 1. The number of carbonyl (C=O) groups excluding carboxylic acids is 1. The van der Waals surface area contributed by atoms with Crippen molar-refractivity contribution >= 4 is 17.6 Å². The molecule has 1 aliphatic heterocycles. The molecule has 0 amide bonds. The van der Waals surface area contributed by atoms with Gasteiger partial charge in [-0.05, 0) is 24.6 Å². The summed E-state index contributed by atoms with van der Waals surface area (Å²) in [6, 6.07) is 5.46. The zero-order chi connectivity index (χ0) is 11.8. The Morgan fingerprint density at radius 2 is 2.25 bits per heavy atom. The molecule has 1 aromatic carbocycles. The second-order valence-electron chi connectivity index (χ2n) is 4.05. The van der Waals surface area contributed by atoms with E-state index in [2.05, 4.69) is 0 Å². The summed E-state index contributed by atoms with van der Waals surface area (Å²) in [7, 11) is 1.57. The van der Waals surface area contributed by atoms with Crippen molar-refractivity contribution in [3.05, 3.63) is 28.8 Å². The Bertz CT molecular complexity index is 430. The van der Waals surface area contributed by atoms with Crippen molar-refractivity contribution in [1.82, 2.24) is 0 Å². The fourth-order valence-electron chi connectivity index (χ4n) is 1.89. The maximum atomic E-state index is 11.2. The van der Waals surface area contributed by atoms with Gasteiger partial charge in [-0.3, -0.25) is 4.79 Å². The standard InChI is InChI=1S/C12H13ClO3/c1-12(6-5-11(14)16-12)8-3-4-10(15-2)9(13)7-8/h3-4,7H,5-6H2,1-2H3. The van der Waals surface area contributed by atoms with Gasteiger partial charge in [0.1, 0.15) is 11.4 Å². The van der Waals surface area contributed by atoms with Gasteiger partial charge in [0.15, 0.2) is 0 Å². The molecule has 0 aromatic heterocycles. The smallest absolute Gasteiger partial charge is 0.306 e. The molecule has 1 saturated heterocycles. The normalized spacial score (nSPS) is 24.3. The molecule has 0 bridgehead atoms. The van der Waals surface area contributed by atoms with Gasteiger partial charge in [0, 0.05) is 12.8 Å². The van der Waals surface area contributed by atoms with E-state index < -0.39 is 5.60 Å². The molecule has 0 N–H and O–H groups in total. The van der Waals surface area contributed by atoms with Crippen LogP contribution in [-0.4, -0.2) is 13.1 Å². The molecule has 1 aliphatic rings. The molecule has 0 aliphatic carbocycles. The zero-order valence-electron chi connectivity index (χ0n) is 9.25. The third kappa shape index (κ3) is 1.87. The quantitative estimate of drug-likeness (QED) is 0.746. The molecule has 1 atom stereocenters. The van der Waals surface area contributed by atoms with E-state index in [4.69, 9.17) is 21.1 Å². The third-order valence-corrected chi connectivity index (χ3v) is 3.20. The number of ether oxygens (including phenoxy) is 2. The number of methoxy groups -OCH3 is 1. The Morgan fingerprint density at radius 3 is 2.75 bits per heavy atom. The summed E-state index contributed by atoms with van der Waals surface area (Å²) in [5.74, 6) is 0.466. The van der Waals surface area contributed by atoms with Crippen LogP contribution in [0.3, 0.4) is 0 Å². The Kier molecular flexibility index (Phi) is 2.80. The van der Waals surface area contributed by atoms with E-state index in [0.717, 1.165) is 5.56 Å². The van der Waals surface area contributed by atoms with Gasteiger partial charge in [-0.15, -0.1) is 0 Å². The van der Waals surface area contributed by atoms with Gasteiger partial charge in [0.25, 0.3) is 0 Å². The van der Waals surface area contributed by atoms with E-state index >= 15 is 0 Å². The molecular formula is C12H13ClO3. The van der Waals surface area contributed by atoms with Crippen LogP contribution in [0.25, 0.3) is 0 Å². The van der Waals surface area contributed by atoms with Crippen LogP contribution in [0, 0.1) is 0 Å². The monoisotopic (exact) mass is 240 g/mol. The van der Waals surface area contributed by atoms with Crippen LogP contribution in [-0.2, 0) is 15.1 Å². The summed E-state index contributed by atoms with van der Waals surface area (Å²) in [4.78, 5) is 11.2. The van der Waals surface area contributed by atoms with Crippen LogP contribution < -0.4 is 4.74 Å². The second-order valence-corrected chi connectivity index (χ2v) is 4.46. The van der Waals surface area contributed by atoms with Crippen LogP contribution in [0.4, 0.5) is 0 Å². The van der Waals surface area contributed by atoms with Crippen LogP contribution in [0.2, 0.25) is 5.02 Å². The lowest BCUT2D eigenvalue weighted by Crippen LogP contribution is -2.20. The number of halogens is 1. The van der Waals surface area contributed by atoms with Crippen molar-refractivity contribution in [3.8, 4) is 5.75 Å². The summed E-state index contributed by atoms with van der Waals surface area (Å²) in [6.45, 7) is 1.90. The molecule has 4 heteroatoms. The number of hydrogen-bond acceptors (Lipinski definition) is 3. The van der Waals surface area contributed by atoms with Crippen molar-refractivity contribution in [3.63, 3.8) is 0 Å². The molecule has 0 saturated carbocycles. The minimum absolute atomic E-state index is 0.158. The van der Waals surface area contributed by atoms with Crippen molar-refractivity contribution in [2.75, 3.05) is 7.11 Å². The predicted molar refractivity (Wildman–Crippen MR) is 60.7 cm³/mol. The minimum Gasteiger partial charge on any atom is -0.495 e. The SMILES string of the molecule is COc1ccc(C2(C)CCC(=O)O2)cc1Cl. The first-order chi connectivity index (χ1) is 7.55. The summed E-state index contributed by atoms with van der Waals surface area (Å²) >= 11 is 6.04. The molecule has 0 radical (unpaired) electrons. The van der Waals surface area contributed by atoms with Crippen molar-refractivity contribution < 1.29 is 14.3 Å². The van der Waals surface area contributed by atoms with Crippen molar-refractivity contribution in [1.29, 1.82) is 0 Å². The van der Waals surface area contributed by atoms with E-state index in [0.29, 0.717) is 23.6 Å². The number of esters is 1. The van der Waals surface area contributed by atoms with Gasteiger partial charge < -0.3 is 9.47 Å². The molecule has 1 heterocycles. The molecule has 0 spiro atoms. The van der Waals surface area contributed by atoms with Gasteiger partial charge in [-0.1, -0.05) is 17.7 Å². The van der Waals surface area contributed by atoms with Gasteiger partial charge in [-0.2, -0.15) is 0 Å². The maximum Gasteiger partial charge on any atom is 0.306 e. The average molecular weight is 241 g/mol. The van der Waals surface area contributed by atoms with Gasteiger partial charge >= 0.3 is 5.97 Å². The van der Waals surface area contributed by atoms with E-state index in [-0.39, 0.29) is 5.97 Å². The van der Waals surface area contributed by atoms with Crippen LogP contribution in [0.15, 0.2) is 18.2 Å². The molecule has 1 aromatic rings. The summed E-state index contributed by atoms with van der Waals surface area (Å²) < 4.78 is 10.4. The first kappa shape index (κ1) is 11.3.